The Bertz CT molecular complexity index is 986. The second-order valence-electron chi connectivity index (χ2n) is 6.32. The van der Waals surface area contributed by atoms with Crippen LogP contribution >= 0.6 is 0 Å². The van der Waals surface area contributed by atoms with Crippen LogP contribution in [0.25, 0.3) is 10.9 Å². The third kappa shape index (κ3) is 4.82. The molecule has 28 heavy (non-hydrogen) atoms. The lowest BCUT2D eigenvalue weighted by atomic mass is 10.2. The predicted molar refractivity (Wildman–Crippen MR) is 107 cm³/mol. The first kappa shape index (κ1) is 19.7. The molecule has 0 aliphatic rings. The summed E-state index contributed by atoms with van der Waals surface area (Å²) in [5.41, 5.74) is 1.54. The summed E-state index contributed by atoms with van der Waals surface area (Å²) in [7, 11) is 3.20. The second-order valence-corrected chi connectivity index (χ2v) is 6.32. The maximum atomic E-state index is 11.3. The van der Waals surface area contributed by atoms with Gasteiger partial charge in [-0.3, -0.25) is 4.79 Å². The third-order valence-electron chi connectivity index (χ3n) is 4.32. The molecule has 0 spiro atoms. The van der Waals surface area contributed by atoms with Crippen molar-refractivity contribution in [2.75, 3.05) is 27.4 Å². The number of methoxy groups -OCH3 is 2. The maximum Gasteiger partial charge on any atom is 0.248 e. The molecule has 2 aromatic carbocycles. The molecule has 0 fully saturated rings. The largest absolute Gasteiger partial charge is 0.493 e. The predicted octanol–water partition coefficient (Wildman–Crippen LogP) is 2.07. The first-order valence-electron chi connectivity index (χ1n) is 8.95. The van der Waals surface area contributed by atoms with E-state index in [9.17, 15) is 9.90 Å². The molecular formula is C21H24N2O5. The number of aromatic amines is 1. The smallest absolute Gasteiger partial charge is 0.248 e. The molecule has 0 radical (unpaired) electrons. The van der Waals surface area contributed by atoms with E-state index in [0.717, 1.165) is 16.5 Å². The van der Waals surface area contributed by atoms with Crippen molar-refractivity contribution >= 4 is 10.9 Å². The summed E-state index contributed by atoms with van der Waals surface area (Å²) in [4.78, 5) is 14.1. The Balaban J connectivity index is 1.50. The number of H-pyrrole nitrogens is 1. The zero-order chi connectivity index (χ0) is 19.9. The minimum atomic E-state index is -0.678. The molecule has 0 saturated heterocycles. The van der Waals surface area contributed by atoms with E-state index in [1.807, 2.05) is 24.3 Å². The molecule has 1 unspecified atom stereocenters. The Morgan fingerprint density at radius 2 is 1.96 bits per heavy atom. The quantitative estimate of drug-likeness (QED) is 0.523. The first-order chi connectivity index (χ1) is 13.6. The fourth-order valence-electron chi connectivity index (χ4n) is 2.94. The van der Waals surface area contributed by atoms with Crippen molar-refractivity contribution in [1.29, 1.82) is 0 Å². The molecule has 1 atom stereocenters. The van der Waals surface area contributed by atoms with Gasteiger partial charge in [-0.1, -0.05) is 12.1 Å². The van der Waals surface area contributed by atoms with Gasteiger partial charge in [0.25, 0.3) is 0 Å². The number of nitrogens with one attached hydrogen (secondary N) is 2. The van der Waals surface area contributed by atoms with Gasteiger partial charge < -0.3 is 29.6 Å². The van der Waals surface area contributed by atoms with Crippen LogP contribution < -0.4 is 25.1 Å². The fraction of sp³-hybridized carbons (Fsp3) is 0.286. The molecule has 3 rings (SSSR count). The molecule has 7 nitrogen and oxygen atoms in total. The van der Waals surface area contributed by atoms with E-state index in [1.54, 1.807) is 32.4 Å². The van der Waals surface area contributed by atoms with Gasteiger partial charge in [-0.05, 0) is 30.3 Å². The number of aromatic nitrogens is 1. The summed E-state index contributed by atoms with van der Waals surface area (Å²) in [6.07, 6.45) is -0.678. The monoisotopic (exact) mass is 384 g/mol. The lowest BCUT2D eigenvalue weighted by molar-refractivity contribution is 0.106. The molecule has 0 saturated carbocycles. The van der Waals surface area contributed by atoms with Crippen LogP contribution in [0.2, 0.25) is 0 Å². The van der Waals surface area contributed by atoms with Crippen molar-refractivity contribution in [3.63, 3.8) is 0 Å². The van der Waals surface area contributed by atoms with Crippen LogP contribution in [-0.2, 0) is 6.54 Å². The topological polar surface area (TPSA) is 92.8 Å². The SMILES string of the molecule is COc1cccc(CNCC(O)COc2ccc3[nH]c(=O)ccc3c2)c1OC. The number of rotatable bonds is 9. The summed E-state index contributed by atoms with van der Waals surface area (Å²) in [5, 5.41) is 14.2. The van der Waals surface area contributed by atoms with E-state index < -0.39 is 6.10 Å². The molecule has 1 heterocycles. The van der Waals surface area contributed by atoms with Gasteiger partial charge >= 0.3 is 0 Å². The molecule has 0 amide bonds. The lowest BCUT2D eigenvalue weighted by Crippen LogP contribution is -2.31. The fourth-order valence-corrected chi connectivity index (χ4v) is 2.94. The highest BCUT2D eigenvalue weighted by molar-refractivity contribution is 5.79. The lowest BCUT2D eigenvalue weighted by Gasteiger charge is -2.16. The minimum Gasteiger partial charge on any atom is -0.493 e. The molecule has 0 bridgehead atoms. The van der Waals surface area contributed by atoms with Gasteiger partial charge in [0.15, 0.2) is 11.5 Å². The first-order valence-corrected chi connectivity index (χ1v) is 8.95. The summed E-state index contributed by atoms with van der Waals surface area (Å²) >= 11 is 0. The third-order valence-corrected chi connectivity index (χ3v) is 4.32. The van der Waals surface area contributed by atoms with Crippen LogP contribution in [0, 0.1) is 0 Å². The zero-order valence-corrected chi connectivity index (χ0v) is 15.9. The molecule has 7 heteroatoms. The Hall–Kier alpha value is -3.03. The minimum absolute atomic E-state index is 0.143. The zero-order valence-electron chi connectivity index (χ0n) is 15.9. The number of fused-ring (bicyclic) bond motifs is 1. The van der Waals surface area contributed by atoms with Crippen molar-refractivity contribution in [1.82, 2.24) is 10.3 Å². The van der Waals surface area contributed by atoms with Gasteiger partial charge in [0, 0.05) is 35.6 Å². The van der Waals surface area contributed by atoms with Gasteiger partial charge in [-0.2, -0.15) is 0 Å². The van der Waals surface area contributed by atoms with Gasteiger partial charge in [0.2, 0.25) is 5.56 Å². The van der Waals surface area contributed by atoms with Crippen LogP contribution in [0.15, 0.2) is 53.3 Å². The van der Waals surface area contributed by atoms with Crippen molar-refractivity contribution in [2.45, 2.75) is 12.6 Å². The van der Waals surface area contributed by atoms with Crippen LogP contribution in [0.1, 0.15) is 5.56 Å². The summed E-state index contributed by atoms with van der Waals surface area (Å²) in [5.74, 6) is 1.98. The van der Waals surface area contributed by atoms with E-state index >= 15 is 0 Å². The highest BCUT2D eigenvalue weighted by atomic mass is 16.5. The number of aliphatic hydroxyl groups is 1. The normalized spacial score (nSPS) is 12.0. The van der Waals surface area contributed by atoms with Gasteiger partial charge in [-0.15, -0.1) is 0 Å². The molecule has 148 valence electrons. The highest BCUT2D eigenvalue weighted by Gasteiger charge is 2.10. The van der Waals surface area contributed by atoms with Crippen LogP contribution in [-0.4, -0.2) is 43.6 Å². The Morgan fingerprint density at radius 1 is 1.11 bits per heavy atom. The number of hydrogen-bond acceptors (Lipinski definition) is 6. The molecule has 1 aromatic heterocycles. The van der Waals surface area contributed by atoms with Gasteiger partial charge in [-0.25, -0.2) is 0 Å². The highest BCUT2D eigenvalue weighted by Crippen LogP contribution is 2.30. The number of pyridine rings is 1. The molecular weight excluding hydrogens is 360 g/mol. The number of para-hydroxylation sites is 1. The number of hydrogen-bond donors (Lipinski definition) is 3. The van der Waals surface area contributed by atoms with Crippen LogP contribution in [0.4, 0.5) is 0 Å². The van der Waals surface area contributed by atoms with Crippen LogP contribution in [0.5, 0.6) is 17.2 Å². The molecule has 0 aliphatic carbocycles. The van der Waals surface area contributed by atoms with E-state index in [0.29, 0.717) is 30.3 Å². The number of benzene rings is 2. The van der Waals surface area contributed by atoms with Crippen molar-refractivity contribution in [2.24, 2.45) is 0 Å². The van der Waals surface area contributed by atoms with E-state index in [1.165, 1.54) is 6.07 Å². The van der Waals surface area contributed by atoms with E-state index in [2.05, 4.69) is 10.3 Å². The Kier molecular flexibility index (Phi) is 6.52. The Labute approximate surface area is 162 Å². The summed E-state index contributed by atoms with van der Waals surface area (Å²) < 4.78 is 16.3. The van der Waals surface area contributed by atoms with Crippen molar-refractivity contribution in [3.8, 4) is 17.2 Å². The molecule has 3 aromatic rings. The van der Waals surface area contributed by atoms with Gasteiger partial charge in [0.1, 0.15) is 18.5 Å². The average Bonchev–Trinajstić information content (AvgIpc) is 2.71. The standard InChI is InChI=1S/C21H24N2O5/c1-26-19-5-3-4-15(21(19)27-2)11-22-12-16(24)13-28-17-7-8-18-14(10-17)6-9-20(25)23-18/h3-10,16,22,24H,11-13H2,1-2H3,(H,23,25). The number of aliphatic hydroxyl groups excluding tert-OH is 1. The van der Waals surface area contributed by atoms with Crippen LogP contribution in [0.3, 0.4) is 0 Å². The Morgan fingerprint density at radius 3 is 2.75 bits per heavy atom. The average molecular weight is 384 g/mol. The summed E-state index contributed by atoms with van der Waals surface area (Å²) in [6.45, 7) is 1.04. The summed E-state index contributed by atoms with van der Waals surface area (Å²) in [6, 6.07) is 14.3. The van der Waals surface area contributed by atoms with Crippen molar-refractivity contribution in [3.05, 3.63) is 64.4 Å². The van der Waals surface area contributed by atoms with E-state index in [4.69, 9.17) is 14.2 Å². The molecule has 0 aliphatic heterocycles. The second kappa shape index (κ2) is 9.25. The van der Waals surface area contributed by atoms with Gasteiger partial charge in [0.05, 0.1) is 14.2 Å². The van der Waals surface area contributed by atoms with E-state index in [-0.39, 0.29) is 12.2 Å². The van der Waals surface area contributed by atoms with Crippen molar-refractivity contribution < 1.29 is 19.3 Å². The maximum absolute atomic E-state index is 11.3. The number of ether oxygens (including phenoxy) is 3. The molecule has 3 N–H and O–H groups in total.